The van der Waals surface area contributed by atoms with Gasteiger partial charge in [0.15, 0.2) is 12.1 Å². The number of ether oxygens (including phenoxy) is 4. The number of hydrogen-bond donors (Lipinski definition) is 1. The molecule has 0 saturated carbocycles. The van der Waals surface area contributed by atoms with E-state index in [4.69, 9.17) is 18.9 Å². The van der Waals surface area contributed by atoms with Gasteiger partial charge in [-0.2, -0.15) is 0 Å². The van der Waals surface area contributed by atoms with E-state index in [2.05, 4.69) is 0 Å². The maximum absolute atomic E-state index is 9.68. The van der Waals surface area contributed by atoms with Gasteiger partial charge in [-0.3, -0.25) is 0 Å². The van der Waals surface area contributed by atoms with Crippen LogP contribution in [0.2, 0.25) is 0 Å². The highest BCUT2D eigenvalue weighted by molar-refractivity contribution is 5.05. The Hall–Kier alpha value is -0.200. The molecule has 0 aromatic heterocycles. The molecule has 5 nitrogen and oxygen atoms in total. The standard InChI is InChI=1S/C11H20O5/c1-6(12)7-8-11(4,9(13-5)14-7)16-10(2,3)15-8/h6-9,12H,1-5H3/t6-,7+,8+,9?,11+/m0/s1. The van der Waals surface area contributed by atoms with Crippen LogP contribution < -0.4 is 0 Å². The van der Waals surface area contributed by atoms with Gasteiger partial charge in [-0.05, 0) is 27.7 Å². The summed E-state index contributed by atoms with van der Waals surface area (Å²) < 4.78 is 22.5. The molecule has 0 aromatic rings. The van der Waals surface area contributed by atoms with Crippen LogP contribution in [0.1, 0.15) is 27.7 Å². The average Bonchev–Trinajstić information content (AvgIpc) is 2.50. The van der Waals surface area contributed by atoms with E-state index >= 15 is 0 Å². The Balaban J connectivity index is 2.28. The number of hydrogen-bond acceptors (Lipinski definition) is 5. The molecular weight excluding hydrogens is 212 g/mol. The first-order valence-corrected chi connectivity index (χ1v) is 5.54. The fourth-order valence-electron chi connectivity index (χ4n) is 2.62. The number of fused-ring (bicyclic) bond motifs is 1. The van der Waals surface area contributed by atoms with Crippen molar-refractivity contribution >= 4 is 0 Å². The summed E-state index contributed by atoms with van der Waals surface area (Å²) in [7, 11) is 1.56. The van der Waals surface area contributed by atoms with Gasteiger partial charge in [-0.25, -0.2) is 0 Å². The van der Waals surface area contributed by atoms with E-state index in [9.17, 15) is 5.11 Å². The lowest BCUT2D eigenvalue weighted by Gasteiger charge is -2.28. The fraction of sp³-hybridized carbons (Fsp3) is 1.00. The Labute approximate surface area is 95.6 Å². The van der Waals surface area contributed by atoms with Gasteiger partial charge < -0.3 is 24.1 Å². The highest BCUT2D eigenvalue weighted by Crippen LogP contribution is 2.47. The quantitative estimate of drug-likeness (QED) is 0.757. The van der Waals surface area contributed by atoms with E-state index in [1.807, 2.05) is 20.8 Å². The van der Waals surface area contributed by atoms with Crippen molar-refractivity contribution in [1.29, 1.82) is 0 Å². The zero-order valence-electron chi connectivity index (χ0n) is 10.4. The monoisotopic (exact) mass is 232 g/mol. The Bertz CT molecular complexity index is 278. The fourth-order valence-corrected chi connectivity index (χ4v) is 2.62. The molecular formula is C11H20O5. The van der Waals surface area contributed by atoms with Gasteiger partial charge in [0.25, 0.3) is 0 Å². The SMILES string of the molecule is COC1O[C@H]([C@H](C)O)[C@H]2OC(C)(C)O[C@@]12C. The second-order valence-electron chi connectivity index (χ2n) is 5.13. The average molecular weight is 232 g/mol. The topological polar surface area (TPSA) is 57.2 Å². The molecule has 2 fully saturated rings. The van der Waals surface area contributed by atoms with E-state index in [1.165, 1.54) is 0 Å². The molecule has 2 saturated heterocycles. The zero-order chi connectivity index (χ0) is 12.1. The van der Waals surface area contributed by atoms with E-state index < -0.39 is 29.9 Å². The van der Waals surface area contributed by atoms with Gasteiger partial charge in [0, 0.05) is 7.11 Å². The summed E-state index contributed by atoms with van der Waals surface area (Å²) >= 11 is 0. The molecule has 2 aliphatic heterocycles. The van der Waals surface area contributed by atoms with E-state index in [0.717, 1.165) is 0 Å². The van der Waals surface area contributed by atoms with Crippen molar-refractivity contribution in [3.05, 3.63) is 0 Å². The van der Waals surface area contributed by atoms with Crippen LogP contribution in [0.3, 0.4) is 0 Å². The van der Waals surface area contributed by atoms with Crippen molar-refractivity contribution < 1.29 is 24.1 Å². The molecule has 16 heavy (non-hydrogen) atoms. The summed E-state index contributed by atoms with van der Waals surface area (Å²) in [6.07, 6.45) is -1.87. The molecule has 94 valence electrons. The van der Waals surface area contributed by atoms with Crippen molar-refractivity contribution in [1.82, 2.24) is 0 Å². The predicted molar refractivity (Wildman–Crippen MR) is 55.8 cm³/mol. The van der Waals surface area contributed by atoms with Crippen LogP contribution in [0.15, 0.2) is 0 Å². The molecule has 2 rings (SSSR count). The maximum Gasteiger partial charge on any atom is 0.189 e. The third kappa shape index (κ3) is 1.67. The molecule has 0 spiro atoms. The molecule has 0 radical (unpaired) electrons. The van der Waals surface area contributed by atoms with Crippen molar-refractivity contribution in [2.75, 3.05) is 7.11 Å². The van der Waals surface area contributed by atoms with Crippen LogP contribution in [-0.2, 0) is 18.9 Å². The Morgan fingerprint density at radius 1 is 1.31 bits per heavy atom. The van der Waals surface area contributed by atoms with E-state index in [0.29, 0.717) is 0 Å². The van der Waals surface area contributed by atoms with Crippen LogP contribution in [0.4, 0.5) is 0 Å². The van der Waals surface area contributed by atoms with Crippen molar-refractivity contribution in [3.63, 3.8) is 0 Å². The summed E-state index contributed by atoms with van der Waals surface area (Å²) in [6.45, 7) is 7.27. The summed E-state index contributed by atoms with van der Waals surface area (Å²) in [6, 6.07) is 0. The first-order valence-electron chi connectivity index (χ1n) is 5.54. The second-order valence-corrected chi connectivity index (χ2v) is 5.13. The van der Waals surface area contributed by atoms with Crippen molar-refractivity contribution in [2.24, 2.45) is 0 Å². The number of aliphatic hydroxyl groups excluding tert-OH is 1. The van der Waals surface area contributed by atoms with Crippen LogP contribution in [0, 0.1) is 0 Å². The molecule has 1 unspecified atom stereocenters. The molecule has 0 aliphatic carbocycles. The molecule has 1 N–H and O–H groups in total. The number of aliphatic hydroxyl groups is 1. The maximum atomic E-state index is 9.68. The molecule has 5 heteroatoms. The minimum atomic E-state index is -0.673. The molecule has 0 amide bonds. The lowest BCUT2D eigenvalue weighted by atomic mass is 9.95. The van der Waals surface area contributed by atoms with E-state index in [1.54, 1.807) is 14.0 Å². The van der Waals surface area contributed by atoms with Crippen molar-refractivity contribution in [2.45, 2.75) is 63.7 Å². The smallest absolute Gasteiger partial charge is 0.189 e. The van der Waals surface area contributed by atoms with Crippen LogP contribution in [-0.4, -0.2) is 48.2 Å². The third-order valence-electron chi connectivity index (χ3n) is 3.18. The zero-order valence-corrected chi connectivity index (χ0v) is 10.4. The van der Waals surface area contributed by atoms with Gasteiger partial charge in [0.05, 0.1) is 6.10 Å². The van der Waals surface area contributed by atoms with Crippen LogP contribution in [0.25, 0.3) is 0 Å². The second kappa shape index (κ2) is 3.65. The first-order chi connectivity index (χ1) is 7.30. The first kappa shape index (κ1) is 12.3. The van der Waals surface area contributed by atoms with Gasteiger partial charge in [-0.1, -0.05) is 0 Å². The van der Waals surface area contributed by atoms with Gasteiger partial charge in [0.2, 0.25) is 0 Å². The Kier molecular flexibility index (Phi) is 2.79. The Morgan fingerprint density at radius 2 is 1.94 bits per heavy atom. The summed E-state index contributed by atoms with van der Waals surface area (Å²) in [4.78, 5) is 0. The largest absolute Gasteiger partial charge is 0.391 e. The lowest BCUT2D eigenvalue weighted by molar-refractivity contribution is -0.255. The third-order valence-corrected chi connectivity index (χ3v) is 3.18. The normalized spacial score (nSPS) is 48.0. The summed E-state index contributed by atoms with van der Waals surface area (Å²) in [5.74, 6) is -0.673. The van der Waals surface area contributed by atoms with E-state index in [-0.39, 0.29) is 6.10 Å². The lowest BCUT2D eigenvalue weighted by Crippen LogP contribution is -2.45. The molecule has 0 bridgehead atoms. The highest BCUT2D eigenvalue weighted by atomic mass is 16.8. The van der Waals surface area contributed by atoms with Crippen LogP contribution >= 0.6 is 0 Å². The number of rotatable bonds is 2. The predicted octanol–water partition coefficient (Wildman–Crippen LogP) is 0.649. The van der Waals surface area contributed by atoms with Gasteiger partial charge >= 0.3 is 0 Å². The minimum absolute atomic E-state index is 0.313. The molecule has 2 heterocycles. The highest BCUT2D eigenvalue weighted by Gasteiger charge is 2.64. The van der Waals surface area contributed by atoms with Crippen molar-refractivity contribution in [3.8, 4) is 0 Å². The molecule has 5 atom stereocenters. The Morgan fingerprint density at radius 3 is 2.44 bits per heavy atom. The molecule has 2 aliphatic rings. The van der Waals surface area contributed by atoms with Gasteiger partial charge in [-0.15, -0.1) is 0 Å². The number of methoxy groups -OCH3 is 1. The van der Waals surface area contributed by atoms with Crippen LogP contribution in [0.5, 0.6) is 0 Å². The molecule has 0 aromatic carbocycles. The van der Waals surface area contributed by atoms with Gasteiger partial charge in [0.1, 0.15) is 17.8 Å². The summed E-state index contributed by atoms with van der Waals surface area (Å²) in [5.41, 5.74) is -0.667. The minimum Gasteiger partial charge on any atom is -0.391 e. The summed E-state index contributed by atoms with van der Waals surface area (Å²) in [5, 5.41) is 9.68.